The van der Waals surface area contributed by atoms with Gasteiger partial charge in [0.15, 0.2) is 0 Å². The number of carbonyl (C=O) groups excluding carboxylic acids is 1. The highest BCUT2D eigenvalue weighted by atomic mass is 16.6. The summed E-state index contributed by atoms with van der Waals surface area (Å²) in [6.45, 7) is 0.00331. The van der Waals surface area contributed by atoms with Gasteiger partial charge in [-0.15, -0.1) is 0 Å². The first-order valence-corrected chi connectivity index (χ1v) is 7.44. The second-order valence-electron chi connectivity index (χ2n) is 5.53. The van der Waals surface area contributed by atoms with Crippen LogP contribution in [0.5, 0.6) is 0 Å². The number of hydrogen-bond donors (Lipinski definition) is 0. The molecule has 9 nitrogen and oxygen atoms in total. The summed E-state index contributed by atoms with van der Waals surface area (Å²) in [6.07, 6.45) is 4.70. The number of carbonyl (C=O) groups is 1. The summed E-state index contributed by atoms with van der Waals surface area (Å²) in [6, 6.07) is 0.920. The molecule has 9 heteroatoms. The maximum atomic E-state index is 12.4. The van der Waals surface area contributed by atoms with Gasteiger partial charge in [0.2, 0.25) is 0 Å². The van der Waals surface area contributed by atoms with Crippen LogP contribution < -0.4 is 5.56 Å². The monoisotopic (exact) mass is 333 g/mol. The molecule has 126 valence electrons. The third-order valence-corrected chi connectivity index (χ3v) is 4.04. The van der Waals surface area contributed by atoms with E-state index in [0.717, 1.165) is 60.9 Å². The summed E-state index contributed by atoms with van der Waals surface area (Å²) < 4.78 is 10.9. The normalized spacial score (nSPS) is 13.4. The Balaban J connectivity index is 2.05. The summed E-state index contributed by atoms with van der Waals surface area (Å²) in [5, 5.41) is 15.0. The van der Waals surface area contributed by atoms with Gasteiger partial charge < -0.3 is 13.8 Å². The van der Waals surface area contributed by atoms with Crippen LogP contribution in [0.15, 0.2) is 21.6 Å². The van der Waals surface area contributed by atoms with Crippen LogP contribution in [0.1, 0.15) is 40.2 Å². The van der Waals surface area contributed by atoms with Crippen LogP contribution in [0, 0.1) is 10.1 Å². The molecule has 0 unspecified atom stereocenters. The number of methoxy groups -OCH3 is 1. The van der Waals surface area contributed by atoms with E-state index in [1.165, 1.54) is 0 Å². The molecule has 0 spiro atoms. The van der Waals surface area contributed by atoms with Gasteiger partial charge in [-0.2, -0.15) is 0 Å². The number of pyridine rings is 1. The van der Waals surface area contributed by atoms with Gasteiger partial charge in [0.25, 0.3) is 11.2 Å². The SMILES string of the molecule is COC(=O)c1cc([N+](=O)[O-])cn(Cc2noc3c2CCCC3)c1=O. The van der Waals surface area contributed by atoms with E-state index in [2.05, 4.69) is 9.89 Å². The number of ether oxygens (including phenoxy) is 1. The Morgan fingerprint density at radius 1 is 1.46 bits per heavy atom. The Kier molecular flexibility index (Phi) is 4.15. The van der Waals surface area contributed by atoms with Crippen molar-refractivity contribution < 1.29 is 19.0 Å². The van der Waals surface area contributed by atoms with Crippen LogP contribution in [0.2, 0.25) is 0 Å². The predicted molar refractivity (Wildman–Crippen MR) is 80.9 cm³/mol. The van der Waals surface area contributed by atoms with E-state index in [1.54, 1.807) is 0 Å². The van der Waals surface area contributed by atoms with Crippen LogP contribution >= 0.6 is 0 Å². The number of fused-ring (bicyclic) bond motifs is 1. The van der Waals surface area contributed by atoms with Crippen molar-refractivity contribution in [3.05, 3.63) is 55.3 Å². The van der Waals surface area contributed by atoms with Gasteiger partial charge in [-0.05, 0) is 19.3 Å². The van der Waals surface area contributed by atoms with Crippen LogP contribution in [-0.4, -0.2) is 27.7 Å². The van der Waals surface area contributed by atoms with Gasteiger partial charge in [0, 0.05) is 18.1 Å². The Morgan fingerprint density at radius 3 is 2.92 bits per heavy atom. The van der Waals surface area contributed by atoms with Crippen LogP contribution in [-0.2, 0) is 24.1 Å². The van der Waals surface area contributed by atoms with E-state index in [9.17, 15) is 19.7 Å². The predicted octanol–water partition coefficient (Wildman–Crippen LogP) is 1.46. The van der Waals surface area contributed by atoms with Gasteiger partial charge in [-0.25, -0.2) is 4.79 Å². The summed E-state index contributed by atoms with van der Waals surface area (Å²) in [7, 11) is 1.11. The molecule has 2 heterocycles. The average molecular weight is 333 g/mol. The highest BCUT2D eigenvalue weighted by Gasteiger charge is 2.23. The maximum absolute atomic E-state index is 12.4. The molecule has 0 aliphatic heterocycles. The molecule has 2 aromatic heterocycles. The second-order valence-corrected chi connectivity index (χ2v) is 5.53. The quantitative estimate of drug-likeness (QED) is 0.472. The van der Waals surface area contributed by atoms with E-state index in [-0.39, 0.29) is 17.8 Å². The summed E-state index contributed by atoms with van der Waals surface area (Å²) in [4.78, 5) is 34.5. The van der Waals surface area contributed by atoms with E-state index >= 15 is 0 Å². The van der Waals surface area contributed by atoms with Crippen molar-refractivity contribution in [2.45, 2.75) is 32.2 Å². The lowest BCUT2D eigenvalue weighted by Crippen LogP contribution is -2.28. The van der Waals surface area contributed by atoms with Crippen molar-refractivity contribution in [1.82, 2.24) is 9.72 Å². The highest BCUT2D eigenvalue weighted by Crippen LogP contribution is 2.24. The number of aromatic nitrogens is 2. The number of nitrogens with zero attached hydrogens (tertiary/aromatic N) is 3. The highest BCUT2D eigenvalue weighted by molar-refractivity contribution is 5.89. The van der Waals surface area contributed by atoms with Crippen molar-refractivity contribution in [3.8, 4) is 0 Å². The Hall–Kier alpha value is -2.97. The van der Waals surface area contributed by atoms with Crippen molar-refractivity contribution in [1.29, 1.82) is 0 Å². The molecule has 0 N–H and O–H groups in total. The van der Waals surface area contributed by atoms with Crippen molar-refractivity contribution in [2.24, 2.45) is 0 Å². The van der Waals surface area contributed by atoms with Crippen LogP contribution in [0.25, 0.3) is 0 Å². The summed E-state index contributed by atoms with van der Waals surface area (Å²) in [5.74, 6) is -0.123. The Labute approximate surface area is 136 Å². The first kappa shape index (κ1) is 15.9. The van der Waals surface area contributed by atoms with Crippen molar-refractivity contribution in [2.75, 3.05) is 7.11 Å². The number of rotatable bonds is 4. The molecule has 0 saturated heterocycles. The van der Waals surface area contributed by atoms with E-state index in [0.29, 0.717) is 5.69 Å². The zero-order chi connectivity index (χ0) is 17.3. The second kappa shape index (κ2) is 6.26. The van der Waals surface area contributed by atoms with E-state index in [1.807, 2.05) is 0 Å². The molecular weight excluding hydrogens is 318 g/mol. The van der Waals surface area contributed by atoms with Gasteiger partial charge >= 0.3 is 5.97 Å². The zero-order valence-electron chi connectivity index (χ0n) is 13.0. The molecule has 24 heavy (non-hydrogen) atoms. The van der Waals surface area contributed by atoms with Gasteiger partial charge in [0.1, 0.15) is 17.0 Å². The molecule has 1 aliphatic rings. The fraction of sp³-hybridized carbons (Fsp3) is 0.400. The molecule has 3 rings (SSSR count). The molecule has 0 bridgehead atoms. The minimum atomic E-state index is -0.917. The minimum Gasteiger partial charge on any atom is -0.465 e. The topological polar surface area (TPSA) is 117 Å². The molecule has 0 atom stereocenters. The van der Waals surface area contributed by atoms with Crippen LogP contribution in [0.3, 0.4) is 0 Å². The molecule has 0 aromatic carbocycles. The molecule has 0 fully saturated rings. The zero-order valence-corrected chi connectivity index (χ0v) is 13.0. The molecule has 0 amide bonds. The summed E-state index contributed by atoms with van der Waals surface area (Å²) >= 11 is 0. The van der Waals surface area contributed by atoms with Gasteiger partial charge in [-0.3, -0.25) is 14.9 Å². The number of hydrogen-bond acceptors (Lipinski definition) is 7. The number of nitro groups is 1. The fourth-order valence-electron chi connectivity index (χ4n) is 2.83. The lowest BCUT2D eigenvalue weighted by Gasteiger charge is -2.10. The first-order chi connectivity index (χ1) is 11.5. The standard InChI is InChI=1S/C15H15N3O6/c1-23-15(20)11-6-9(18(21)22)7-17(14(11)19)8-12-10-4-2-3-5-13(10)24-16-12/h6-7H,2-5,8H2,1H3. The van der Waals surface area contributed by atoms with Crippen LogP contribution in [0.4, 0.5) is 5.69 Å². The number of aryl methyl sites for hydroxylation is 1. The molecule has 2 aromatic rings. The largest absolute Gasteiger partial charge is 0.465 e. The van der Waals surface area contributed by atoms with Gasteiger partial charge in [0.05, 0.1) is 24.8 Å². The van der Waals surface area contributed by atoms with Gasteiger partial charge in [-0.1, -0.05) is 5.16 Å². The minimum absolute atomic E-state index is 0.00331. The van der Waals surface area contributed by atoms with E-state index < -0.39 is 16.5 Å². The molecule has 1 aliphatic carbocycles. The van der Waals surface area contributed by atoms with Crippen molar-refractivity contribution >= 4 is 11.7 Å². The Morgan fingerprint density at radius 2 is 2.21 bits per heavy atom. The Bertz CT molecular complexity index is 867. The number of esters is 1. The third-order valence-electron chi connectivity index (χ3n) is 4.04. The summed E-state index contributed by atoms with van der Waals surface area (Å²) in [5.41, 5.74) is 0.0822. The smallest absolute Gasteiger partial charge is 0.343 e. The molecule has 0 saturated carbocycles. The molecule has 0 radical (unpaired) electrons. The lowest BCUT2D eigenvalue weighted by molar-refractivity contribution is -0.385. The fourth-order valence-corrected chi connectivity index (χ4v) is 2.83. The maximum Gasteiger partial charge on any atom is 0.343 e. The molecular formula is C15H15N3O6. The average Bonchev–Trinajstić information content (AvgIpc) is 2.99. The first-order valence-electron chi connectivity index (χ1n) is 7.44. The van der Waals surface area contributed by atoms with E-state index in [4.69, 9.17) is 4.52 Å². The lowest BCUT2D eigenvalue weighted by atomic mass is 9.96. The third kappa shape index (κ3) is 2.80. The van der Waals surface area contributed by atoms with Crippen molar-refractivity contribution in [3.63, 3.8) is 0 Å².